The Kier molecular flexibility index (Phi) is 0.626. The second-order valence-electron chi connectivity index (χ2n) is 24.6. The summed E-state index contributed by atoms with van der Waals surface area (Å²) in [6.07, 6.45) is 7.38. The number of rotatable bonds is 0. The molecule has 0 bridgehead atoms. The topological polar surface area (TPSA) is 0 Å². The van der Waals surface area contributed by atoms with E-state index < -0.39 is 0 Å². The first-order chi connectivity index (χ1) is 18.9. The van der Waals surface area contributed by atoms with Crippen molar-refractivity contribution in [3.63, 3.8) is 0 Å². The molecule has 0 heteroatoms. The summed E-state index contributed by atoms with van der Waals surface area (Å²) in [5, 5.41) is 0. The van der Waals surface area contributed by atoms with Gasteiger partial charge in [-0.25, -0.2) is 0 Å². The summed E-state index contributed by atoms with van der Waals surface area (Å²) in [6.45, 7) is 0. The smallest absolute Gasteiger partial charge is 0.000728 e. The van der Waals surface area contributed by atoms with E-state index in [1.807, 2.05) is 25.7 Å². The van der Waals surface area contributed by atoms with Crippen molar-refractivity contribution in [3.8, 4) is 0 Å². The third-order valence-corrected chi connectivity index (χ3v) is 32.6. The second-order valence-corrected chi connectivity index (χ2v) is 24.6. The molecule has 0 aromatic carbocycles. The van der Waals surface area contributed by atoms with E-state index in [9.17, 15) is 0 Å². The van der Waals surface area contributed by atoms with Crippen molar-refractivity contribution in [1.29, 1.82) is 0 Å². The molecule has 0 aromatic rings. The van der Waals surface area contributed by atoms with Crippen LogP contribution in [0.5, 0.6) is 0 Å². The maximum atomic E-state index is 1.88. The van der Waals surface area contributed by atoms with Crippen LogP contribution in [0.3, 0.4) is 0 Å². The Hall–Kier alpha value is 0. The van der Waals surface area contributed by atoms with Crippen molar-refractivity contribution < 1.29 is 0 Å². The molecule has 0 heterocycles. The van der Waals surface area contributed by atoms with Crippen molar-refractivity contribution in [2.75, 3.05) is 0 Å². The minimum absolute atomic E-state index is 1.06. The number of hydrogen-bond donors (Lipinski definition) is 0. The minimum atomic E-state index is 1.06. The Balaban J connectivity index is 0.999. The first-order valence-corrected chi connectivity index (χ1v) is 18.9. The van der Waals surface area contributed by atoms with Gasteiger partial charge in [0.25, 0.3) is 0 Å². The van der Waals surface area contributed by atoms with Gasteiger partial charge in [0.15, 0.2) is 0 Å². The molecule has 27 fully saturated rings. The average molecular weight is 481 g/mol. The third-order valence-electron chi connectivity index (χ3n) is 32.6. The molecular weight excluding hydrogens is 456 g/mol. The maximum absolute atomic E-state index is 1.88. The van der Waals surface area contributed by atoms with Gasteiger partial charge < -0.3 is 0 Å². The largest absolute Gasteiger partial charge is 0.0458 e. The number of fused-ring (bicyclic) bond motifs is 12. The quantitative estimate of drug-likeness (QED) is 0.498. The fourth-order valence-corrected chi connectivity index (χ4v) is 41.2. The molecule has 0 N–H and O–H groups in total. The first-order valence-electron chi connectivity index (χ1n) is 18.9. The zero-order chi connectivity index (χ0) is 21.1. The zero-order valence-corrected chi connectivity index (χ0v) is 21.1. The Morgan fingerprint density at radius 2 is 0.921 bits per heavy atom. The van der Waals surface area contributed by atoms with Crippen LogP contribution in [-0.2, 0) is 0 Å². The van der Waals surface area contributed by atoms with Gasteiger partial charge in [-0.3, -0.25) is 0 Å². The molecule has 0 aromatic heterocycles. The third kappa shape index (κ3) is 0.266. The van der Waals surface area contributed by atoms with Gasteiger partial charge in [-0.2, -0.15) is 0 Å². The van der Waals surface area contributed by atoms with Crippen LogP contribution in [0.1, 0.15) is 25.7 Å². The van der Waals surface area contributed by atoms with Crippen LogP contribution in [0, 0.1) is 192 Å². The maximum Gasteiger partial charge on any atom is -0.000728 e. The van der Waals surface area contributed by atoms with Crippen molar-refractivity contribution in [3.05, 3.63) is 0 Å². The van der Waals surface area contributed by atoms with E-state index >= 15 is 0 Å². The molecule has 0 nitrogen and oxygen atoms in total. The molecular formula is C38H24. The molecule has 0 radical (unpaired) electrons. The van der Waals surface area contributed by atoms with Crippen LogP contribution in [-0.4, -0.2) is 0 Å². The molecule has 18 spiro atoms. The summed E-state index contributed by atoms with van der Waals surface area (Å²) in [4.78, 5) is 0. The molecule has 27 rings (SSSR count). The molecule has 0 amide bonds. The van der Waals surface area contributed by atoms with E-state index in [1.54, 1.807) is 0 Å². The molecule has 27 saturated carbocycles. The summed E-state index contributed by atoms with van der Waals surface area (Å²) < 4.78 is 0. The van der Waals surface area contributed by atoms with Crippen LogP contribution < -0.4 is 0 Å². The molecule has 38 heavy (non-hydrogen) atoms. The lowest BCUT2D eigenvalue weighted by atomic mass is 8.43. The van der Waals surface area contributed by atoms with Crippen molar-refractivity contribution in [1.82, 2.24) is 0 Å². The number of hydrogen-bond acceptors (Lipinski definition) is 0. The van der Waals surface area contributed by atoms with Gasteiger partial charge >= 0.3 is 0 Å². The Labute approximate surface area is 217 Å². The Morgan fingerprint density at radius 3 is 1.71 bits per heavy atom. The van der Waals surface area contributed by atoms with Gasteiger partial charge in [0, 0.05) is 0 Å². The second kappa shape index (κ2) is 1.87. The van der Waals surface area contributed by atoms with Gasteiger partial charge in [-0.1, -0.05) is 0 Å². The van der Waals surface area contributed by atoms with E-state index in [0.717, 1.165) is 97.5 Å². The van der Waals surface area contributed by atoms with Gasteiger partial charge in [0.2, 0.25) is 0 Å². The highest BCUT2D eigenvalue weighted by Crippen LogP contribution is 3.65. The fourth-order valence-electron chi connectivity index (χ4n) is 41.2. The Bertz CT molecular complexity index is 2330. The summed E-state index contributed by atoms with van der Waals surface area (Å²) in [5.74, 6) is 22.2. The van der Waals surface area contributed by atoms with Gasteiger partial charge in [-0.15, -0.1) is 0 Å². The molecule has 27 aliphatic rings. The minimum Gasteiger partial charge on any atom is -0.0458 e. The summed E-state index contributed by atoms with van der Waals surface area (Å²) in [5.41, 5.74) is 20.3. The lowest BCUT2D eigenvalue weighted by Crippen LogP contribution is -3.58. The summed E-state index contributed by atoms with van der Waals surface area (Å²) >= 11 is 0. The highest BCUT2D eigenvalue weighted by molar-refractivity contribution is 6.08. The summed E-state index contributed by atoms with van der Waals surface area (Å²) in [7, 11) is 0. The molecule has 34 atom stereocenters. The van der Waals surface area contributed by atoms with Gasteiger partial charge in [0.1, 0.15) is 0 Å². The van der Waals surface area contributed by atoms with Crippen LogP contribution in [0.2, 0.25) is 0 Å². The molecule has 34 unspecified atom stereocenters. The lowest BCUT2D eigenvalue weighted by molar-refractivity contribution is -1.15. The van der Waals surface area contributed by atoms with Crippen LogP contribution in [0.4, 0.5) is 0 Å². The fraction of sp³-hybridized carbons (Fsp3) is 1.00. The first kappa shape index (κ1) is 12.7. The van der Waals surface area contributed by atoms with Crippen LogP contribution >= 0.6 is 0 Å². The van der Waals surface area contributed by atoms with E-state index in [-0.39, 0.29) is 0 Å². The van der Waals surface area contributed by atoms with Crippen LogP contribution in [0.15, 0.2) is 0 Å². The van der Waals surface area contributed by atoms with E-state index in [1.165, 1.54) is 94.7 Å². The zero-order valence-electron chi connectivity index (χ0n) is 21.1. The highest BCUT2D eigenvalue weighted by Gasteiger charge is 3.63. The molecule has 27 aliphatic carbocycles. The molecule has 0 aliphatic heterocycles. The Morgan fingerprint density at radius 1 is 0.342 bits per heavy atom. The SMILES string of the molecule is C1C2C3C4CC5C6C7C8C9C%10CC%11%12CC%13C%14C%15C%16C%17C1C21C32C45C63C74C85C96C%10%11C%127C%13C%148C%159C%16%10C%171C23C%104C95C876. The predicted molar refractivity (Wildman–Crippen MR) is 118 cm³/mol. The normalized spacial score (nSPS) is 139. The van der Waals surface area contributed by atoms with Crippen molar-refractivity contribution >= 4 is 0 Å². The van der Waals surface area contributed by atoms with Crippen molar-refractivity contribution in [2.24, 2.45) is 192 Å². The van der Waals surface area contributed by atoms with E-state index in [0.29, 0.717) is 0 Å². The van der Waals surface area contributed by atoms with Crippen molar-refractivity contribution in [2.45, 2.75) is 25.7 Å². The lowest BCUT2D eigenvalue weighted by Gasteiger charge is -3.59. The van der Waals surface area contributed by atoms with Gasteiger partial charge in [0.05, 0.1) is 0 Å². The monoisotopic (exact) mass is 480 g/mol. The molecule has 176 valence electrons. The highest BCUT2D eigenvalue weighted by atomic mass is 15.7. The predicted octanol–water partition coefficient (Wildman–Crippen LogP) is 3.53. The average Bonchev–Trinajstić information content (AvgIpc) is 3.14. The van der Waals surface area contributed by atoms with Crippen LogP contribution in [0.25, 0.3) is 0 Å². The van der Waals surface area contributed by atoms with Gasteiger partial charge in [-0.05, 0) is 218 Å². The standard InChI is InChI=1S/C38H24/c1-6-12-7-2-9-14-18-19-15-10-4-21-3-5-11-16-17-13-8(1)22(6)26(12)23(7,9)28(14)32(18)33(19)30(15)25(10,21)34(21)20(5)24(11)29(16)31(17)27(13,22)36(26,28)38(31,32)37(29,33)35(24,30)34/h5-20H,1-4H2. The van der Waals surface area contributed by atoms with E-state index in [2.05, 4.69) is 0 Å². The summed E-state index contributed by atoms with van der Waals surface area (Å²) in [6, 6.07) is 0. The molecule has 0 saturated heterocycles. The van der Waals surface area contributed by atoms with E-state index in [4.69, 9.17) is 0 Å².